The van der Waals surface area contributed by atoms with E-state index in [0.717, 1.165) is 21.8 Å². The summed E-state index contributed by atoms with van der Waals surface area (Å²) in [6.07, 6.45) is 0. The van der Waals surface area contributed by atoms with Crippen molar-refractivity contribution in [1.29, 1.82) is 0 Å². The summed E-state index contributed by atoms with van der Waals surface area (Å²) in [5, 5.41) is 24.3. The number of benzene rings is 3. The van der Waals surface area contributed by atoms with Crippen molar-refractivity contribution in [3.63, 3.8) is 0 Å². The lowest BCUT2D eigenvalue weighted by Crippen LogP contribution is -2.27. The van der Waals surface area contributed by atoms with Crippen LogP contribution in [-0.4, -0.2) is 9.85 Å². The summed E-state index contributed by atoms with van der Waals surface area (Å²) in [7, 11) is 0. The van der Waals surface area contributed by atoms with Crippen LogP contribution in [0.5, 0.6) is 0 Å². The molecule has 0 fully saturated rings. The van der Waals surface area contributed by atoms with Gasteiger partial charge in [-0.1, -0.05) is 18.2 Å². The van der Waals surface area contributed by atoms with E-state index in [1.165, 1.54) is 17.4 Å². The van der Waals surface area contributed by atoms with Crippen LogP contribution < -0.4 is 16.3 Å². The Morgan fingerprint density at radius 3 is 2.31 bits per heavy atom. The Bertz CT molecular complexity index is 1370. The number of non-ortho nitro benzene ring substituents is 1. The van der Waals surface area contributed by atoms with Gasteiger partial charge in [-0.05, 0) is 30.3 Å². The second-order valence-electron chi connectivity index (χ2n) is 6.13. The van der Waals surface area contributed by atoms with Gasteiger partial charge in [-0.25, -0.2) is 5.84 Å². The smallest absolute Gasteiger partial charge is 0.288 e. The molecule has 0 bridgehead atoms. The number of nitro benzene ring substituents is 2. The monoisotopic (exact) mass is 408 g/mol. The van der Waals surface area contributed by atoms with Crippen molar-refractivity contribution in [2.45, 2.75) is 0 Å². The van der Waals surface area contributed by atoms with Crippen LogP contribution in [0.3, 0.4) is 0 Å². The van der Waals surface area contributed by atoms with Crippen molar-refractivity contribution in [3.05, 3.63) is 91.1 Å². The zero-order valence-corrected chi connectivity index (χ0v) is 15.5. The van der Waals surface area contributed by atoms with Crippen LogP contribution in [-0.2, 0) is 0 Å². The average Bonchev–Trinajstić information content (AvgIpc) is 2.72. The Labute approximate surface area is 166 Å². The fourth-order valence-corrected chi connectivity index (χ4v) is 4.24. The van der Waals surface area contributed by atoms with E-state index in [9.17, 15) is 25.0 Å². The van der Waals surface area contributed by atoms with E-state index in [2.05, 4.69) is 0 Å². The van der Waals surface area contributed by atoms with Gasteiger partial charge in [-0.2, -0.15) is 0 Å². The number of rotatable bonds is 4. The zero-order chi connectivity index (χ0) is 20.7. The largest absolute Gasteiger partial charge is 0.301 e. The molecule has 0 aliphatic heterocycles. The number of hydrazine groups is 1. The normalized spacial score (nSPS) is 10.9. The van der Waals surface area contributed by atoms with E-state index >= 15 is 0 Å². The maximum atomic E-state index is 13.1. The average molecular weight is 408 g/mol. The van der Waals surface area contributed by atoms with Gasteiger partial charge in [0.15, 0.2) is 5.43 Å². The Kier molecular flexibility index (Phi) is 4.41. The van der Waals surface area contributed by atoms with Gasteiger partial charge in [-0.3, -0.25) is 30.0 Å². The van der Waals surface area contributed by atoms with Crippen LogP contribution in [0.4, 0.5) is 22.7 Å². The molecule has 0 atom stereocenters. The van der Waals surface area contributed by atoms with E-state index in [-0.39, 0.29) is 16.8 Å². The maximum absolute atomic E-state index is 13.1. The lowest BCUT2D eigenvalue weighted by atomic mass is 10.1. The molecule has 0 saturated carbocycles. The SMILES string of the molecule is NN(c1ccc([N+](=O)[O-])cc1[N+](=O)[O-])c1cccc2sc3ccccc3c(=O)c12. The molecule has 0 saturated heterocycles. The predicted molar refractivity (Wildman–Crippen MR) is 112 cm³/mol. The van der Waals surface area contributed by atoms with Crippen LogP contribution in [0.1, 0.15) is 0 Å². The van der Waals surface area contributed by atoms with Crippen molar-refractivity contribution >= 4 is 54.3 Å². The third kappa shape index (κ3) is 3.06. The van der Waals surface area contributed by atoms with Gasteiger partial charge in [0, 0.05) is 20.9 Å². The molecule has 0 aliphatic carbocycles. The highest BCUT2D eigenvalue weighted by molar-refractivity contribution is 7.24. The van der Waals surface area contributed by atoms with E-state index < -0.39 is 21.2 Å². The van der Waals surface area contributed by atoms with Gasteiger partial charge >= 0.3 is 5.69 Å². The maximum Gasteiger partial charge on any atom is 0.301 e. The quantitative estimate of drug-likeness (QED) is 0.231. The van der Waals surface area contributed by atoms with Crippen LogP contribution in [0.25, 0.3) is 20.2 Å². The number of hydrogen-bond donors (Lipinski definition) is 1. The third-order valence-electron chi connectivity index (χ3n) is 4.47. The van der Waals surface area contributed by atoms with Crippen molar-refractivity contribution in [1.82, 2.24) is 0 Å². The van der Waals surface area contributed by atoms with E-state index in [0.29, 0.717) is 15.5 Å². The Balaban J connectivity index is 1.98. The summed E-state index contributed by atoms with van der Waals surface area (Å²) in [4.78, 5) is 34.1. The van der Waals surface area contributed by atoms with Gasteiger partial charge in [0.05, 0.1) is 27.0 Å². The standard InChI is InChI=1S/C19H12N4O5S/c20-21(13-9-8-11(22(25)26)10-15(13)23(27)28)14-5-3-7-17-18(14)19(24)12-4-1-2-6-16(12)29-17/h1-10H,20H2. The molecule has 144 valence electrons. The Hall–Kier alpha value is -3.89. The molecule has 29 heavy (non-hydrogen) atoms. The van der Waals surface area contributed by atoms with E-state index in [1.54, 1.807) is 30.3 Å². The fourth-order valence-electron chi connectivity index (χ4n) is 3.14. The molecule has 0 spiro atoms. The van der Waals surface area contributed by atoms with Crippen molar-refractivity contribution in [2.75, 3.05) is 5.01 Å². The molecule has 0 radical (unpaired) electrons. The molecule has 3 aromatic carbocycles. The molecule has 2 N–H and O–H groups in total. The first-order chi connectivity index (χ1) is 13.9. The molecule has 4 aromatic rings. The van der Waals surface area contributed by atoms with Gasteiger partial charge in [0.25, 0.3) is 5.69 Å². The minimum absolute atomic E-state index is 0.0642. The first-order valence-electron chi connectivity index (χ1n) is 8.30. The first kappa shape index (κ1) is 18.5. The van der Waals surface area contributed by atoms with Gasteiger partial charge in [0.2, 0.25) is 0 Å². The lowest BCUT2D eigenvalue weighted by Gasteiger charge is -2.20. The summed E-state index contributed by atoms with van der Waals surface area (Å²) in [5.74, 6) is 6.18. The molecule has 1 heterocycles. The third-order valence-corrected chi connectivity index (χ3v) is 5.60. The first-order valence-corrected chi connectivity index (χ1v) is 9.12. The number of nitrogens with two attached hydrogens (primary N) is 1. The molecule has 0 unspecified atom stereocenters. The molecule has 1 aromatic heterocycles. The Morgan fingerprint density at radius 2 is 1.59 bits per heavy atom. The van der Waals surface area contributed by atoms with E-state index in [1.807, 2.05) is 12.1 Å². The second kappa shape index (κ2) is 6.93. The Morgan fingerprint density at radius 1 is 0.862 bits per heavy atom. The topological polar surface area (TPSA) is 133 Å². The summed E-state index contributed by atoms with van der Waals surface area (Å²) in [6.45, 7) is 0. The van der Waals surface area contributed by atoms with Gasteiger partial charge in [0.1, 0.15) is 5.69 Å². The van der Waals surface area contributed by atoms with Crippen molar-refractivity contribution in [2.24, 2.45) is 5.84 Å². The highest BCUT2D eigenvalue weighted by atomic mass is 32.1. The molecule has 9 nitrogen and oxygen atoms in total. The molecular weight excluding hydrogens is 396 g/mol. The molecule has 10 heteroatoms. The van der Waals surface area contributed by atoms with Crippen LogP contribution in [0.2, 0.25) is 0 Å². The second-order valence-corrected chi connectivity index (χ2v) is 7.22. The number of hydrogen-bond acceptors (Lipinski definition) is 8. The molecular formula is C19H12N4O5S. The number of nitro groups is 2. The summed E-state index contributed by atoms with van der Waals surface area (Å²) in [6, 6.07) is 15.4. The minimum atomic E-state index is -0.747. The highest BCUT2D eigenvalue weighted by Gasteiger charge is 2.24. The zero-order valence-electron chi connectivity index (χ0n) is 14.6. The summed E-state index contributed by atoms with van der Waals surface area (Å²) >= 11 is 1.40. The highest BCUT2D eigenvalue weighted by Crippen LogP contribution is 2.37. The van der Waals surface area contributed by atoms with Crippen molar-refractivity contribution < 1.29 is 9.85 Å². The minimum Gasteiger partial charge on any atom is -0.288 e. The van der Waals surface area contributed by atoms with Crippen LogP contribution >= 0.6 is 11.3 Å². The number of anilines is 2. The number of fused-ring (bicyclic) bond motifs is 2. The van der Waals surface area contributed by atoms with Crippen LogP contribution in [0.15, 0.2) is 65.5 Å². The van der Waals surface area contributed by atoms with Crippen LogP contribution in [0, 0.1) is 20.2 Å². The van der Waals surface area contributed by atoms with Gasteiger partial charge in [-0.15, -0.1) is 11.3 Å². The summed E-state index contributed by atoms with van der Waals surface area (Å²) in [5.41, 5.74) is -0.998. The van der Waals surface area contributed by atoms with Gasteiger partial charge < -0.3 is 0 Å². The predicted octanol–water partition coefficient (Wildman–Crippen LogP) is 4.24. The molecule has 4 rings (SSSR count). The lowest BCUT2D eigenvalue weighted by molar-refractivity contribution is -0.393. The van der Waals surface area contributed by atoms with Crippen molar-refractivity contribution in [3.8, 4) is 0 Å². The number of nitrogens with zero attached hydrogens (tertiary/aromatic N) is 3. The summed E-state index contributed by atoms with van der Waals surface area (Å²) < 4.78 is 1.48. The molecule has 0 aliphatic rings. The fraction of sp³-hybridized carbons (Fsp3) is 0. The van der Waals surface area contributed by atoms with E-state index in [4.69, 9.17) is 5.84 Å². The molecule has 0 amide bonds.